The third-order valence-corrected chi connectivity index (χ3v) is 4.36. The predicted molar refractivity (Wildman–Crippen MR) is 81.6 cm³/mol. The summed E-state index contributed by atoms with van der Waals surface area (Å²) in [6, 6.07) is 0.850. The number of carbonyl (C=O) groups excluding carboxylic acids is 1. The molecule has 0 aromatic carbocycles. The Balaban J connectivity index is 1.93. The van der Waals surface area contributed by atoms with Crippen molar-refractivity contribution in [2.24, 2.45) is 16.8 Å². The highest BCUT2D eigenvalue weighted by Gasteiger charge is 2.39. The molecule has 2 aliphatic carbocycles. The standard InChI is InChI=1S/C15H28N4O/c1-10(2)17-15(16-9-14(20)19(3)4)18-13-8-11-5-6-12(13)7-11/h10-13H,5-9H2,1-4H3,(H2,16,17,18). The zero-order chi connectivity index (χ0) is 14.7. The zero-order valence-electron chi connectivity index (χ0n) is 13.1. The van der Waals surface area contributed by atoms with Crippen LogP contribution >= 0.6 is 0 Å². The van der Waals surface area contributed by atoms with Crippen molar-refractivity contribution >= 4 is 11.9 Å². The molecule has 0 aromatic heterocycles. The second-order valence-electron chi connectivity index (χ2n) is 6.68. The van der Waals surface area contributed by atoms with Gasteiger partial charge in [0, 0.05) is 26.2 Å². The summed E-state index contributed by atoms with van der Waals surface area (Å²) in [7, 11) is 3.52. The molecule has 3 atom stereocenters. The molecule has 2 fully saturated rings. The van der Waals surface area contributed by atoms with E-state index in [2.05, 4.69) is 29.5 Å². The lowest BCUT2D eigenvalue weighted by Crippen LogP contribution is -2.48. The molecule has 0 aliphatic heterocycles. The fourth-order valence-corrected chi connectivity index (χ4v) is 3.29. The van der Waals surface area contributed by atoms with Gasteiger partial charge >= 0.3 is 0 Å². The van der Waals surface area contributed by atoms with Crippen LogP contribution in [0.1, 0.15) is 39.5 Å². The highest BCUT2D eigenvalue weighted by Crippen LogP contribution is 2.44. The van der Waals surface area contributed by atoms with Crippen LogP contribution in [0.3, 0.4) is 0 Å². The fraction of sp³-hybridized carbons (Fsp3) is 0.867. The summed E-state index contributed by atoms with van der Waals surface area (Å²) in [4.78, 5) is 17.7. The van der Waals surface area contributed by atoms with E-state index in [1.165, 1.54) is 25.7 Å². The third-order valence-electron chi connectivity index (χ3n) is 4.36. The van der Waals surface area contributed by atoms with Gasteiger partial charge in [-0.2, -0.15) is 0 Å². The van der Waals surface area contributed by atoms with Crippen LogP contribution in [0.5, 0.6) is 0 Å². The van der Waals surface area contributed by atoms with Crippen LogP contribution in [0.25, 0.3) is 0 Å². The molecular weight excluding hydrogens is 252 g/mol. The van der Waals surface area contributed by atoms with Crippen molar-refractivity contribution in [3.05, 3.63) is 0 Å². The minimum atomic E-state index is 0.0304. The van der Waals surface area contributed by atoms with Crippen molar-refractivity contribution in [3.8, 4) is 0 Å². The van der Waals surface area contributed by atoms with Gasteiger partial charge in [0.25, 0.3) is 0 Å². The van der Waals surface area contributed by atoms with Crippen molar-refractivity contribution in [2.75, 3.05) is 20.6 Å². The largest absolute Gasteiger partial charge is 0.354 e. The Morgan fingerprint density at radius 2 is 2.05 bits per heavy atom. The lowest BCUT2D eigenvalue weighted by atomic mass is 9.95. The average Bonchev–Trinajstić information content (AvgIpc) is 2.96. The Labute approximate surface area is 122 Å². The topological polar surface area (TPSA) is 56.7 Å². The van der Waals surface area contributed by atoms with Gasteiger partial charge in [-0.05, 0) is 44.9 Å². The molecule has 1 amide bonds. The fourth-order valence-electron chi connectivity index (χ4n) is 3.29. The second kappa shape index (κ2) is 6.46. The summed E-state index contributed by atoms with van der Waals surface area (Å²) < 4.78 is 0. The van der Waals surface area contributed by atoms with E-state index in [4.69, 9.17) is 0 Å². The van der Waals surface area contributed by atoms with Crippen LogP contribution in [0, 0.1) is 11.8 Å². The molecule has 2 aliphatic rings. The van der Waals surface area contributed by atoms with Crippen molar-refractivity contribution in [1.29, 1.82) is 0 Å². The predicted octanol–water partition coefficient (Wildman–Crippen LogP) is 1.21. The van der Waals surface area contributed by atoms with E-state index in [-0.39, 0.29) is 12.5 Å². The number of carbonyl (C=O) groups is 1. The van der Waals surface area contributed by atoms with Gasteiger partial charge in [0.1, 0.15) is 6.54 Å². The van der Waals surface area contributed by atoms with Gasteiger partial charge < -0.3 is 15.5 Å². The molecule has 5 nitrogen and oxygen atoms in total. The molecule has 2 rings (SSSR count). The number of hydrogen-bond acceptors (Lipinski definition) is 2. The number of amides is 1. The molecule has 0 saturated heterocycles. The van der Waals surface area contributed by atoms with Crippen LogP contribution in [0.2, 0.25) is 0 Å². The summed E-state index contributed by atoms with van der Waals surface area (Å²) in [5, 5.41) is 6.87. The molecule has 2 N–H and O–H groups in total. The molecule has 0 heterocycles. The van der Waals surface area contributed by atoms with Crippen LogP contribution in [0.15, 0.2) is 4.99 Å². The van der Waals surface area contributed by atoms with E-state index in [0.29, 0.717) is 12.1 Å². The quantitative estimate of drug-likeness (QED) is 0.601. The Kier molecular flexibility index (Phi) is 4.89. The van der Waals surface area contributed by atoms with Gasteiger partial charge in [-0.3, -0.25) is 4.79 Å². The summed E-state index contributed by atoms with van der Waals surface area (Å²) >= 11 is 0. The Morgan fingerprint density at radius 1 is 1.30 bits per heavy atom. The minimum absolute atomic E-state index is 0.0304. The first-order valence-electron chi connectivity index (χ1n) is 7.73. The van der Waals surface area contributed by atoms with Crippen molar-refractivity contribution in [2.45, 2.75) is 51.6 Å². The van der Waals surface area contributed by atoms with E-state index < -0.39 is 0 Å². The highest BCUT2D eigenvalue weighted by atomic mass is 16.2. The monoisotopic (exact) mass is 280 g/mol. The number of aliphatic imine (C=N–C) groups is 1. The minimum Gasteiger partial charge on any atom is -0.354 e. The summed E-state index contributed by atoms with van der Waals surface area (Å²) in [5.41, 5.74) is 0. The smallest absolute Gasteiger partial charge is 0.243 e. The molecular formula is C15H28N4O. The van der Waals surface area contributed by atoms with Gasteiger partial charge in [-0.15, -0.1) is 0 Å². The number of likely N-dealkylation sites (N-methyl/N-ethyl adjacent to an activating group) is 1. The van der Waals surface area contributed by atoms with Crippen LogP contribution in [-0.2, 0) is 4.79 Å². The first kappa shape index (κ1) is 15.1. The number of guanidine groups is 1. The molecule has 0 spiro atoms. The van der Waals surface area contributed by atoms with Crippen LogP contribution in [0.4, 0.5) is 0 Å². The molecule has 0 radical (unpaired) electrons. The zero-order valence-corrected chi connectivity index (χ0v) is 13.1. The maximum atomic E-state index is 11.7. The molecule has 2 saturated carbocycles. The van der Waals surface area contributed by atoms with E-state index in [9.17, 15) is 4.79 Å². The number of fused-ring (bicyclic) bond motifs is 2. The summed E-state index contributed by atoms with van der Waals surface area (Å²) in [6.45, 7) is 4.38. The molecule has 5 heteroatoms. The number of nitrogens with zero attached hydrogens (tertiary/aromatic N) is 2. The normalized spacial score (nSPS) is 28.9. The Bertz CT molecular complexity index is 378. The van der Waals surface area contributed by atoms with Crippen LogP contribution in [-0.4, -0.2) is 49.5 Å². The van der Waals surface area contributed by atoms with E-state index in [0.717, 1.165) is 17.8 Å². The Morgan fingerprint density at radius 3 is 2.55 bits per heavy atom. The van der Waals surface area contributed by atoms with Gasteiger partial charge in [-0.25, -0.2) is 4.99 Å². The average molecular weight is 280 g/mol. The van der Waals surface area contributed by atoms with E-state index in [1.54, 1.807) is 19.0 Å². The summed E-state index contributed by atoms with van der Waals surface area (Å²) in [5.74, 6) is 2.51. The maximum Gasteiger partial charge on any atom is 0.243 e. The third kappa shape index (κ3) is 3.87. The van der Waals surface area contributed by atoms with Gasteiger partial charge in [0.15, 0.2) is 5.96 Å². The van der Waals surface area contributed by atoms with Gasteiger partial charge in [0.2, 0.25) is 5.91 Å². The lowest BCUT2D eigenvalue weighted by Gasteiger charge is -2.26. The van der Waals surface area contributed by atoms with Gasteiger partial charge in [-0.1, -0.05) is 6.42 Å². The van der Waals surface area contributed by atoms with Crippen molar-refractivity contribution in [3.63, 3.8) is 0 Å². The first-order chi connectivity index (χ1) is 9.45. The number of rotatable bonds is 4. The highest BCUT2D eigenvalue weighted by molar-refractivity contribution is 5.85. The van der Waals surface area contributed by atoms with Gasteiger partial charge in [0.05, 0.1) is 0 Å². The lowest BCUT2D eigenvalue weighted by molar-refractivity contribution is -0.127. The second-order valence-corrected chi connectivity index (χ2v) is 6.68. The van der Waals surface area contributed by atoms with Crippen LogP contribution < -0.4 is 10.6 Å². The Hall–Kier alpha value is -1.26. The SMILES string of the molecule is CC(C)NC(=NCC(=O)N(C)C)NC1CC2CCC1C2. The summed E-state index contributed by atoms with van der Waals surface area (Å²) in [6.07, 6.45) is 5.36. The molecule has 20 heavy (non-hydrogen) atoms. The van der Waals surface area contributed by atoms with Crippen molar-refractivity contribution in [1.82, 2.24) is 15.5 Å². The molecule has 2 bridgehead atoms. The molecule has 3 unspecified atom stereocenters. The molecule has 0 aromatic rings. The van der Waals surface area contributed by atoms with E-state index in [1.807, 2.05) is 0 Å². The van der Waals surface area contributed by atoms with E-state index >= 15 is 0 Å². The number of hydrogen-bond donors (Lipinski definition) is 2. The van der Waals surface area contributed by atoms with Crippen molar-refractivity contribution < 1.29 is 4.79 Å². The maximum absolute atomic E-state index is 11.7. The number of nitrogens with one attached hydrogen (secondary N) is 2. The first-order valence-corrected chi connectivity index (χ1v) is 7.73. The molecule has 114 valence electrons.